The van der Waals surface area contributed by atoms with E-state index in [1.54, 1.807) is 19.1 Å². The highest BCUT2D eigenvalue weighted by Crippen LogP contribution is 2.38. The van der Waals surface area contributed by atoms with E-state index in [9.17, 15) is 10.1 Å². The average molecular weight is 310 g/mol. The van der Waals surface area contributed by atoms with Crippen LogP contribution in [0.2, 0.25) is 0 Å². The second-order valence-electron chi connectivity index (χ2n) is 4.74. The zero-order valence-corrected chi connectivity index (χ0v) is 13.0. The zero-order valence-electron chi connectivity index (χ0n) is 11.4. The van der Waals surface area contributed by atoms with Crippen molar-refractivity contribution in [3.05, 3.63) is 44.4 Å². The van der Waals surface area contributed by atoms with E-state index in [4.69, 9.17) is 11.6 Å². The number of nitro groups is 1. The Labute approximate surface area is 126 Å². The molecule has 105 valence electrons. The molecule has 0 aliphatic carbocycles. The molecule has 1 heterocycles. The van der Waals surface area contributed by atoms with Gasteiger partial charge in [0.05, 0.1) is 22.1 Å². The molecular formula is C14H14ClN2O2S. The van der Waals surface area contributed by atoms with Crippen molar-refractivity contribution in [1.29, 1.82) is 0 Å². The summed E-state index contributed by atoms with van der Waals surface area (Å²) in [6, 6.07) is 6.23. The molecule has 0 bridgehead atoms. The molecule has 6 heteroatoms. The molecule has 4 nitrogen and oxygen atoms in total. The predicted octanol–water partition coefficient (Wildman–Crippen LogP) is 4.69. The summed E-state index contributed by atoms with van der Waals surface area (Å²) < 4.78 is 0. The van der Waals surface area contributed by atoms with Gasteiger partial charge in [-0.3, -0.25) is 10.1 Å². The maximum absolute atomic E-state index is 11.2. The van der Waals surface area contributed by atoms with E-state index >= 15 is 0 Å². The van der Waals surface area contributed by atoms with Crippen LogP contribution in [-0.2, 0) is 5.88 Å². The maximum Gasteiger partial charge on any atom is 0.283 e. The molecule has 0 aliphatic heterocycles. The number of nitrogens with zero attached hydrogens (tertiary/aromatic N) is 2. The third-order valence-corrected chi connectivity index (χ3v) is 4.50. The van der Waals surface area contributed by atoms with Gasteiger partial charge < -0.3 is 0 Å². The maximum atomic E-state index is 11.2. The van der Waals surface area contributed by atoms with Crippen molar-refractivity contribution >= 4 is 28.6 Å². The number of benzene rings is 1. The fourth-order valence-electron chi connectivity index (χ4n) is 2.03. The molecular weight excluding hydrogens is 296 g/mol. The smallest absolute Gasteiger partial charge is 0.258 e. The summed E-state index contributed by atoms with van der Waals surface area (Å²) in [7, 11) is 0. The van der Waals surface area contributed by atoms with Crippen LogP contribution in [0.4, 0.5) is 5.69 Å². The molecule has 0 unspecified atom stereocenters. The molecule has 0 amide bonds. The molecule has 1 radical (unpaired) electrons. The lowest BCUT2D eigenvalue weighted by atomic mass is 10.1. The monoisotopic (exact) mass is 309 g/mol. The highest BCUT2D eigenvalue weighted by atomic mass is 35.5. The van der Waals surface area contributed by atoms with Crippen molar-refractivity contribution in [3.8, 4) is 10.6 Å². The van der Waals surface area contributed by atoms with E-state index < -0.39 is 0 Å². The van der Waals surface area contributed by atoms with E-state index in [-0.39, 0.29) is 16.5 Å². The highest BCUT2D eigenvalue weighted by molar-refractivity contribution is 7.15. The van der Waals surface area contributed by atoms with Crippen LogP contribution < -0.4 is 0 Å². The van der Waals surface area contributed by atoms with Crippen molar-refractivity contribution in [3.63, 3.8) is 0 Å². The van der Waals surface area contributed by atoms with Crippen molar-refractivity contribution in [2.45, 2.75) is 32.6 Å². The van der Waals surface area contributed by atoms with E-state index in [2.05, 4.69) is 11.1 Å². The predicted molar refractivity (Wildman–Crippen MR) is 81.4 cm³/mol. The van der Waals surface area contributed by atoms with Gasteiger partial charge in [-0.15, -0.1) is 22.9 Å². The normalized spacial score (nSPS) is 11.1. The first-order valence-corrected chi connectivity index (χ1v) is 7.52. The lowest BCUT2D eigenvalue weighted by Crippen LogP contribution is -1.96. The fraction of sp³-hybridized carbons (Fsp3) is 0.357. The minimum Gasteiger partial charge on any atom is -0.258 e. The number of aromatic nitrogens is 1. The van der Waals surface area contributed by atoms with Gasteiger partial charge in [0, 0.05) is 10.4 Å². The first-order valence-electron chi connectivity index (χ1n) is 6.17. The first kappa shape index (κ1) is 14.9. The summed E-state index contributed by atoms with van der Waals surface area (Å²) in [6.45, 7) is 5.75. The highest BCUT2D eigenvalue weighted by Gasteiger charge is 2.23. The Morgan fingerprint density at radius 2 is 2.25 bits per heavy atom. The lowest BCUT2D eigenvalue weighted by molar-refractivity contribution is -0.384. The summed E-state index contributed by atoms with van der Waals surface area (Å²) in [5, 5.41) is 11.9. The van der Waals surface area contributed by atoms with Gasteiger partial charge in [-0.05, 0) is 25.0 Å². The Kier molecular flexibility index (Phi) is 4.40. The molecule has 2 rings (SSSR count). The first-order chi connectivity index (χ1) is 9.45. The van der Waals surface area contributed by atoms with Crippen LogP contribution in [0.5, 0.6) is 0 Å². The Morgan fingerprint density at radius 1 is 1.55 bits per heavy atom. The second kappa shape index (κ2) is 5.89. The van der Waals surface area contributed by atoms with Crippen LogP contribution in [0.3, 0.4) is 0 Å². The van der Waals surface area contributed by atoms with Gasteiger partial charge in [-0.2, -0.15) is 0 Å². The number of nitro benzene ring substituents is 1. The topological polar surface area (TPSA) is 56.0 Å². The van der Waals surface area contributed by atoms with E-state index in [1.807, 2.05) is 13.8 Å². The van der Waals surface area contributed by atoms with Crippen LogP contribution in [-0.4, -0.2) is 9.91 Å². The minimum atomic E-state index is -0.377. The molecule has 0 saturated carbocycles. The molecule has 1 aromatic heterocycles. The largest absolute Gasteiger partial charge is 0.283 e. The molecule has 0 spiro atoms. The Balaban J connectivity index is 2.63. The Bertz CT molecular complexity index is 653. The molecule has 0 N–H and O–H groups in total. The van der Waals surface area contributed by atoms with Crippen LogP contribution in [0, 0.1) is 23.1 Å². The van der Waals surface area contributed by atoms with Crippen LogP contribution >= 0.6 is 22.9 Å². The number of thiazole rings is 1. The van der Waals surface area contributed by atoms with E-state index in [0.29, 0.717) is 22.0 Å². The van der Waals surface area contributed by atoms with Crippen LogP contribution in [0.1, 0.15) is 35.9 Å². The number of alkyl halides is 1. The van der Waals surface area contributed by atoms with Crippen LogP contribution in [0.25, 0.3) is 10.6 Å². The summed E-state index contributed by atoms with van der Waals surface area (Å²) in [4.78, 5) is 16.4. The number of hydrogen-bond acceptors (Lipinski definition) is 4. The van der Waals surface area contributed by atoms with Gasteiger partial charge in [-0.1, -0.05) is 19.9 Å². The quantitative estimate of drug-likeness (QED) is 0.467. The lowest BCUT2D eigenvalue weighted by Gasteiger charge is -2.02. The molecule has 0 atom stereocenters. The van der Waals surface area contributed by atoms with Crippen molar-refractivity contribution in [2.24, 2.45) is 0 Å². The Hall–Kier alpha value is -1.46. The molecule has 0 fully saturated rings. The van der Waals surface area contributed by atoms with Crippen LogP contribution in [0.15, 0.2) is 12.1 Å². The number of aryl methyl sites for hydroxylation is 1. The van der Waals surface area contributed by atoms with Crippen molar-refractivity contribution in [2.75, 3.05) is 0 Å². The SMILES string of the molecule is Cc1[c]ccc(-c2nc(C(C)C)c(CCl)s2)c1[N+](=O)[O-]. The minimum absolute atomic E-state index is 0.0673. The third kappa shape index (κ3) is 2.69. The summed E-state index contributed by atoms with van der Waals surface area (Å²) in [6.07, 6.45) is 0. The summed E-state index contributed by atoms with van der Waals surface area (Å²) >= 11 is 7.36. The average Bonchev–Trinajstić information content (AvgIpc) is 2.82. The van der Waals surface area contributed by atoms with Gasteiger partial charge >= 0.3 is 0 Å². The van der Waals surface area contributed by atoms with Gasteiger partial charge in [-0.25, -0.2) is 4.98 Å². The molecule has 20 heavy (non-hydrogen) atoms. The van der Waals surface area contributed by atoms with Gasteiger partial charge in [0.15, 0.2) is 0 Å². The molecule has 0 aliphatic rings. The summed E-state index contributed by atoms with van der Waals surface area (Å²) in [5.74, 6) is 0.612. The van der Waals surface area contributed by atoms with Crippen molar-refractivity contribution < 1.29 is 4.92 Å². The van der Waals surface area contributed by atoms with E-state index in [0.717, 1.165) is 10.6 Å². The molecule has 2 aromatic rings. The second-order valence-corrected chi connectivity index (χ2v) is 6.09. The standard InChI is InChI=1S/C14H14ClN2O2S/c1-8(2)12-11(7-15)20-14(16-12)10-6-4-5-9(3)13(10)17(18)19/h4,6,8H,7H2,1-3H3. The number of hydrogen-bond donors (Lipinski definition) is 0. The number of halogens is 1. The van der Waals surface area contributed by atoms with Gasteiger partial charge in [0.25, 0.3) is 5.69 Å². The summed E-state index contributed by atoms with van der Waals surface area (Å²) in [5.41, 5.74) is 2.04. The molecule has 0 saturated heterocycles. The molecule has 1 aromatic carbocycles. The van der Waals surface area contributed by atoms with Gasteiger partial charge in [0.2, 0.25) is 0 Å². The zero-order chi connectivity index (χ0) is 14.9. The van der Waals surface area contributed by atoms with Gasteiger partial charge in [0.1, 0.15) is 5.01 Å². The third-order valence-electron chi connectivity index (χ3n) is 2.97. The van der Waals surface area contributed by atoms with Crippen molar-refractivity contribution in [1.82, 2.24) is 4.98 Å². The Morgan fingerprint density at radius 3 is 2.75 bits per heavy atom. The van der Waals surface area contributed by atoms with E-state index in [1.165, 1.54) is 11.3 Å². The fourth-order valence-corrected chi connectivity index (χ4v) is 3.43. The number of rotatable bonds is 4.